The summed E-state index contributed by atoms with van der Waals surface area (Å²) in [7, 11) is 0. The molecule has 0 N–H and O–H groups in total. The van der Waals surface area contributed by atoms with Gasteiger partial charge in [-0.1, -0.05) is 32.8 Å². The van der Waals surface area contributed by atoms with Crippen molar-refractivity contribution in [3.05, 3.63) is 47.8 Å². The molecule has 0 atom stereocenters. The van der Waals surface area contributed by atoms with Crippen LogP contribution in [0, 0.1) is 5.92 Å². The van der Waals surface area contributed by atoms with Crippen LogP contribution in [-0.4, -0.2) is 65.6 Å². The van der Waals surface area contributed by atoms with E-state index in [0.29, 0.717) is 0 Å². The second-order valence-electron chi connectivity index (χ2n) is 8.52. The number of anilines is 1. The van der Waals surface area contributed by atoms with Crippen molar-refractivity contribution in [1.29, 1.82) is 0 Å². The Morgan fingerprint density at radius 1 is 0.967 bits per heavy atom. The fourth-order valence-corrected chi connectivity index (χ4v) is 4.49. The Balaban J connectivity index is 1.35. The molecule has 2 aliphatic rings. The van der Waals surface area contributed by atoms with E-state index in [1.54, 1.807) is 0 Å². The van der Waals surface area contributed by atoms with E-state index in [9.17, 15) is 0 Å². The summed E-state index contributed by atoms with van der Waals surface area (Å²) in [6, 6.07) is 8.65. The van der Waals surface area contributed by atoms with Gasteiger partial charge in [0.15, 0.2) is 0 Å². The highest BCUT2D eigenvalue weighted by molar-refractivity contribution is 5.38. The minimum absolute atomic E-state index is 0.777. The van der Waals surface area contributed by atoms with Crippen molar-refractivity contribution < 1.29 is 4.74 Å². The Kier molecular flexibility index (Phi) is 7.18. The van der Waals surface area contributed by atoms with Crippen molar-refractivity contribution in [3.8, 4) is 5.75 Å². The van der Waals surface area contributed by atoms with E-state index in [-0.39, 0.29) is 0 Å². The molecule has 162 valence electrons. The molecular weight excluding hydrogens is 374 g/mol. The summed E-state index contributed by atoms with van der Waals surface area (Å²) in [4.78, 5) is 16.2. The number of benzene rings is 1. The number of rotatable bonds is 7. The number of hydrogen-bond acceptors (Lipinski definition) is 6. The van der Waals surface area contributed by atoms with Crippen molar-refractivity contribution >= 4 is 5.95 Å². The molecule has 0 bridgehead atoms. The Hall–Kier alpha value is -2.18. The van der Waals surface area contributed by atoms with Gasteiger partial charge in [-0.3, -0.25) is 9.80 Å². The van der Waals surface area contributed by atoms with Crippen LogP contribution in [0.2, 0.25) is 0 Å². The van der Waals surface area contributed by atoms with Gasteiger partial charge in [-0.05, 0) is 29.7 Å². The summed E-state index contributed by atoms with van der Waals surface area (Å²) in [5.74, 6) is 2.69. The predicted octanol–water partition coefficient (Wildman–Crippen LogP) is 3.43. The molecule has 0 saturated carbocycles. The molecule has 2 aromatic rings. The maximum atomic E-state index is 6.06. The highest BCUT2D eigenvalue weighted by Gasteiger charge is 2.21. The molecule has 0 unspecified atom stereocenters. The molecule has 1 aromatic heterocycles. The molecule has 3 heterocycles. The summed E-state index contributed by atoms with van der Waals surface area (Å²) in [5, 5.41) is 0. The maximum Gasteiger partial charge on any atom is 0.225 e. The van der Waals surface area contributed by atoms with Crippen LogP contribution in [-0.2, 0) is 13.1 Å². The van der Waals surface area contributed by atoms with Gasteiger partial charge >= 0.3 is 0 Å². The third kappa shape index (κ3) is 5.29. The first-order valence-electron chi connectivity index (χ1n) is 11.5. The third-order valence-electron chi connectivity index (χ3n) is 6.47. The SMILES string of the molecule is CCC(CC)CN1CCOc2ccc(CN3CCN(c4ncccn4)CC3)cc2C1. The third-order valence-corrected chi connectivity index (χ3v) is 6.47. The van der Waals surface area contributed by atoms with Gasteiger partial charge in [-0.15, -0.1) is 0 Å². The minimum atomic E-state index is 0.777. The lowest BCUT2D eigenvalue weighted by atomic mass is 10.0. The Labute approximate surface area is 180 Å². The first-order valence-corrected chi connectivity index (χ1v) is 11.5. The second-order valence-corrected chi connectivity index (χ2v) is 8.52. The molecule has 6 heteroatoms. The molecule has 0 spiro atoms. The fourth-order valence-electron chi connectivity index (χ4n) is 4.49. The van der Waals surface area contributed by atoms with Gasteiger partial charge in [-0.2, -0.15) is 0 Å². The smallest absolute Gasteiger partial charge is 0.225 e. The van der Waals surface area contributed by atoms with Gasteiger partial charge in [0, 0.05) is 70.3 Å². The zero-order valence-corrected chi connectivity index (χ0v) is 18.5. The van der Waals surface area contributed by atoms with Crippen molar-refractivity contribution in [3.63, 3.8) is 0 Å². The molecule has 1 fully saturated rings. The number of aromatic nitrogens is 2. The number of ether oxygens (including phenoxy) is 1. The van der Waals surface area contributed by atoms with Crippen LogP contribution in [0.1, 0.15) is 37.8 Å². The molecular formula is C24H35N5O. The fraction of sp³-hybridized carbons (Fsp3) is 0.583. The highest BCUT2D eigenvalue weighted by atomic mass is 16.5. The molecule has 1 saturated heterocycles. The van der Waals surface area contributed by atoms with Crippen LogP contribution >= 0.6 is 0 Å². The van der Waals surface area contributed by atoms with Crippen molar-refractivity contribution in [1.82, 2.24) is 19.8 Å². The maximum absolute atomic E-state index is 6.06. The Bertz CT molecular complexity index is 787. The molecule has 1 aromatic carbocycles. The van der Waals surface area contributed by atoms with Gasteiger partial charge in [0.1, 0.15) is 12.4 Å². The van der Waals surface area contributed by atoms with Gasteiger partial charge in [0.05, 0.1) is 0 Å². The Morgan fingerprint density at radius 2 is 1.73 bits per heavy atom. The molecule has 0 amide bonds. The van der Waals surface area contributed by atoms with Gasteiger partial charge in [0.25, 0.3) is 0 Å². The van der Waals surface area contributed by atoms with Crippen LogP contribution in [0.25, 0.3) is 0 Å². The van der Waals surface area contributed by atoms with E-state index in [0.717, 1.165) is 70.0 Å². The summed E-state index contributed by atoms with van der Waals surface area (Å²) in [6.07, 6.45) is 6.14. The number of piperazine rings is 1. The predicted molar refractivity (Wildman–Crippen MR) is 121 cm³/mol. The summed E-state index contributed by atoms with van der Waals surface area (Å²) < 4.78 is 6.06. The normalized spacial score (nSPS) is 18.2. The molecule has 2 aliphatic heterocycles. The molecule has 4 rings (SSSR count). The topological polar surface area (TPSA) is 44.7 Å². The first-order chi connectivity index (χ1) is 14.7. The molecule has 0 aliphatic carbocycles. The summed E-state index contributed by atoms with van der Waals surface area (Å²) >= 11 is 0. The second kappa shape index (κ2) is 10.2. The average molecular weight is 410 g/mol. The van der Waals surface area contributed by atoms with Crippen LogP contribution in [0.4, 0.5) is 5.95 Å². The van der Waals surface area contributed by atoms with Crippen molar-refractivity contribution in [2.75, 3.05) is 50.8 Å². The van der Waals surface area contributed by atoms with E-state index in [1.165, 1.54) is 30.5 Å². The van der Waals surface area contributed by atoms with E-state index in [1.807, 2.05) is 18.5 Å². The van der Waals surface area contributed by atoms with E-state index < -0.39 is 0 Å². The lowest BCUT2D eigenvalue weighted by Crippen LogP contribution is -2.46. The van der Waals surface area contributed by atoms with Crippen molar-refractivity contribution in [2.24, 2.45) is 5.92 Å². The minimum Gasteiger partial charge on any atom is -0.492 e. The molecule has 30 heavy (non-hydrogen) atoms. The van der Waals surface area contributed by atoms with Crippen LogP contribution in [0.3, 0.4) is 0 Å². The monoisotopic (exact) mass is 409 g/mol. The van der Waals surface area contributed by atoms with Crippen LogP contribution < -0.4 is 9.64 Å². The highest BCUT2D eigenvalue weighted by Crippen LogP contribution is 2.26. The number of fused-ring (bicyclic) bond motifs is 1. The summed E-state index contributed by atoms with van der Waals surface area (Å²) in [6.45, 7) is 13.6. The van der Waals surface area contributed by atoms with Crippen LogP contribution in [0.5, 0.6) is 5.75 Å². The lowest BCUT2D eigenvalue weighted by molar-refractivity contribution is 0.193. The van der Waals surface area contributed by atoms with Gasteiger partial charge in [-0.25, -0.2) is 9.97 Å². The quantitative estimate of drug-likeness (QED) is 0.698. The summed E-state index contributed by atoms with van der Waals surface area (Å²) in [5.41, 5.74) is 2.72. The van der Waals surface area contributed by atoms with Crippen LogP contribution in [0.15, 0.2) is 36.7 Å². The largest absolute Gasteiger partial charge is 0.492 e. The first kappa shape index (κ1) is 21.1. The van der Waals surface area contributed by atoms with E-state index in [2.05, 4.69) is 56.7 Å². The average Bonchev–Trinajstić information content (AvgIpc) is 3.00. The zero-order chi connectivity index (χ0) is 20.8. The van der Waals surface area contributed by atoms with E-state index >= 15 is 0 Å². The molecule has 0 radical (unpaired) electrons. The van der Waals surface area contributed by atoms with E-state index in [4.69, 9.17) is 4.74 Å². The van der Waals surface area contributed by atoms with Gasteiger partial charge < -0.3 is 9.64 Å². The Morgan fingerprint density at radius 3 is 2.47 bits per heavy atom. The van der Waals surface area contributed by atoms with Crippen molar-refractivity contribution in [2.45, 2.75) is 39.8 Å². The lowest BCUT2D eigenvalue weighted by Gasteiger charge is -2.34. The molecule has 6 nitrogen and oxygen atoms in total. The van der Waals surface area contributed by atoms with Gasteiger partial charge in [0.2, 0.25) is 5.95 Å². The zero-order valence-electron chi connectivity index (χ0n) is 18.5. The number of hydrogen-bond donors (Lipinski definition) is 0. The standard InChI is InChI=1S/C24H35N5O/c1-3-20(4-2)17-28-14-15-30-23-7-6-21(16-22(23)19-28)18-27-10-12-29(13-11-27)24-25-8-5-9-26-24/h5-9,16,20H,3-4,10-15,17-19H2,1-2H3. The number of nitrogens with zero attached hydrogens (tertiary/aromatic N) is 5.